The Morgan fingerprint density at radius 2 is 2.00 bits per heavy atom. The van der Waals surface area contributed by atoms with Gasteiger partial charge >= 0.3 is 5.97 Å². The van der Waals surface area contributed by atoms with Crippen molar-refractivity contribution in [2.24, 2.45) is 0 Å². The molecular weight excluding hydrogens is 230 g/mol. The Hall–Kier alpha value is -2.69. The van der Waals surface area contributed by atoms with Gasteiger partial charge in [0, 0.05) is 12.4 Å². The number of rotatable bonds is 2. The molecule has 88 valence electrons. The minimum atomic E-state index is -1.00. The molecule has 0 aliphatic carbocycles. The molecule has 0 aromatic carbocycles. The van der Waals surface area contributed by atoms with Crippen LogP contribution in [0.25, 0.3) is 16.9 Å². The van der Waals surface area contributed by atoms with E-state index in [0.29, 0.717) is 16.9 Å². The first-order valence-electron chi connectivity index (χ1n) is 5.39. The summed E-state index contributed by atoms with van der Waals surface area (Å²) in [5.74, 6) is -1.00. The Kier molecular flexibility index (Phi) is 2.30. The second-order valence-corrected chi connectivity index (χ2v) is 3.77. The number of carbonyl (C=O) groups is 1. The average molecular weight is 239 g/mol. The van der Waals surface area contributed by atoms with Crippen LogP contribution in [0, 0.1) is 0 Å². The zero-order valence-corrected chi connectivity index (χ0v) is 9.32. The predicted octanol–water partition coefficient (Wildman–Crippen LogP) is 2.09. The van der Waals surface area contributed by atoms with E-state index in [1.54, 1.807) is 53.3 Å². The van der Waals surface area contributed by atoms with E-state index in [2.05, 4.69) is 10.1 Å². The number of aromatic nitrogens is 3. The lowest BCUT2D eigenvalue weighted by atomic mass is 10.1. The van der Waals surface area contributed by atoms with Crippen LogP contribution in [0.1, 0.15) is 10.4 Å². The molecule has 3 aromatic rings. The minimum absolute atomic E-state index is 0.175. The Morgan fingerprint density at radius 3 is 2.72 bits per heavy atom. The van der Waals surface area contributed by atoms with Gasteiger partial charge < -0.3 is 5.11 Å². The smallest absolute Gasteiger partial charge is 0.340 e. The van der Waals surface area contributed by atoms with E-state index >= 15 is 0 Å². The van der Waals surface area contributed by atoms with Crippen LogP contribution < -0.4 is 0 Å². The summed E-state index contributed by atoms with van der Waals surface area (Å²) >= 11 is 0. The molecule has 0 spiro atoms. The third kappa shape index (κ3) is 1.53. The quantitative estimate of drug-likeness (QED) is 0.743. The predicted molar refractivity (Wildman–Crippen MR) is 65.4 cm³/mol. The number of hydrogen-bond acceptors (Lipinski definition) is 3. The van der Waals surface area contributed by atoms with Gasteiger partial charge in [0.05, 0.1) is 11.2 Å². The number of nitrogens with zero attached hydrogens (tertiary/aromatic N) is 3. The van der Waals surface area contributed by atoms with Crippen LogP contribution in [-0.4, -0.2) is 25.7 Å². The first kappa shape index (κ1) is 10.5. The van der Waals surface area contributed by atoms with Crippen LogP contribution in [0.5, 0.6) is 0 Å². The molecule has 1 N–H and O–H groups in total. The fourth-order valence-corrected chi connectivity index (χ4v) is 1.89. The van der Waals surface area contributed by atoms with E-state index in [0.717, 1.165) is 0 Å². The summed E-state index contributed by atoms with van der Waals surface area (Å²) in [6.07, 6.45) is 3.33. The summed E-state index contributed by atoms with van der Waals surface area (Å²) in [5.41, 5.74) is 1.67. The Labute approximate surface area is 102 Å². The van der Waals surface area contributed by atoms with Gasteiger partial charge in [0.25, 0.3) is 0 Å². The molecule has 18 heavy (non-hydrogen) atoms. The van der Waals surface area contributed by atoms with Gasteiger partial charge in [-0.1, -0.05) is 12.1 Å². The first-order chi connectivity index (χ1) is 8.77. The van der Waals surface area contributed by atoms with Crippen LogP contribution in [0.3, 0.4) is 0 Å². The Morgan fingerprint density at radius 1 is 1.17 bits per heavy atom. The molecule has 5 heteroatoms. The molecule has 0 atom stereocenters. The molecule has 0 aliphatic heterocycles. The third-order valence-corrected chi connectivity index (χ3v) is 2.66. The van der Waals surface area contributed by atoms with Gasteiger partial charge in [-0.05, 0) is 24.3 Å². The van der Waals surface area contributed by atoms with E-state index < -0.39 is 5.97 Å². The van der Waals surface area contributed by atoms with E-state index in [9.17, 15) is 9.90 Å². The zero-order chi connectivity index (χ0) is 12.5. The number of carboxylic acid groups (broad SMARTS) is 1. The van der Waals surface area contributed by atoms with Crippen molar-refractivity contribution in [1.29, 1.82) is 0 Å². The van der Waals surface area contributed by atoms with Gasteiger partial charge in [0.15, 0.2) is 0 Å². The zero-order valence-electron chi connectivity index (χ0n) is 9.32. The van der Waals surface area contributed by atoms with Crippen molar-refractivity contribution < 1.29 is 9.90 Å². The van der Waals surface area contributed by atoms with Crippen LogP contribution in [0.2, 0.25) is 0 Å². The second-order valence-electron chi connectivity index (χ2n) is 3.77. The van der Waals surface area contributed by atoms with Gasteiger partial charge in [-0.15, -0.1) is 0 Å². The summed E-state index contributed by atoms with van der Waals surface area (Å²) in [6.45, 7) is 0. The van der Waals surface area contributed by atoms with Gasteiger partial charge in [0.2, 0.25) is 0 Å². The standard InChI is InChI=1S/C13H9N3O2/c17-13(18)11-10-6-2-4-8-16(10)15-12(11)9-5-1-3-7-14-9/h1-8H,(H,17,18). The van der Waals surface area contributed by atoms with E-state index in [1.165, 1.54) is 0 Å². The fourth-order valence-electron chi connectivity index (χ4n) is 1.89. The maximum atomic E-state index is 11.4. The van der Waals surface area contributed by atoms with Gasteiger partial charge in [0.1, 0.15) is 11.3 Å². The highest BCUT2D eigenvalue weighted by molar-refractivity contribution is 6.01. The maximum absolute atomic E-state index is 11.4. The minimum Gasteiger partial charge on any atom is -0.478 e. The van der Waals surface area contributed by atoms with Gasteiger partial charge in [-0.3, -0.25) is 4.98 Å². The second kappa shape index (κ2) is 3.96. The summed E-state index contributed by atoms with van der Waals surface area (Å²) < 4.78 is 1.55. The normalized spacial score (nSPS) is 10.7. The molecule has 0 saturated heterocycles. The highest BCUT2D eigenvalue weighted by Crippen LogP contribution is 2.24. The summed E-state index contributed by atoms with van der Waals surface area (Å²) in [6, 6.07) is 10.6. The molecule has 0 unspecified atom stereocenters. The van der Waals surface area contributed by atoms with Gasteiger partial charge in [-0.25, -0.2) is 9.31 Å². The lowest BCUT2D eigenvalue weighted by Crippen LogP contribution is -1.98. The summed E-state index contributed by atoms with van der Waals surface area (Å²) in [7, 11) is 0. The van der Waals surface area contributed by atoms with Gasteiger partial charge in [-0.2, -0.15) is 5.10 Å². The third-order valence-electron chi connectivity index (χ3n) is 2.66. The highest BCUT2D eigenvalue weighted by Gasteiger charge is 2.20. The fraction of sp³-hybridized carbons (Fsp3) is 0. The molecule has 0 bridgehead atoms. The molecule has 0 aliphatic rings. The molecule has 3 rings (SSSR count). The molecule has 0 saturated carbocycles. The van der Waals surface area contributed by atoms with Crippen molar-refractivity contribution in [3.63, 3.8) is 0 Å². The van der Waals surface area contributed by atoms with Crippen molar-refractivity contribution >= 4 is 11.5 Å². The molecule has 0 radical (unpaired) electrons. The Balaban J connectivity index is 2.36. The first-order valence-corrected chi connectivity index (χ1v) is 5.39. The molecular formula is C13H9N3O2. The topological polar surface area (TPSA) is 67.5 Å². The number of pyridine rings is 2. The molecule has 5 nitrogen and oxygen atoms in total. The van der Waals surface area contributed by atoms with Crippen molar-refractivity contribution in [1.82, 2.24) is 14.6 Å². The van der Waals surface area contributed by atoms with Crippen molar-refractivity contribution in [3.8, 4) is 11.4 Å². The lowest BCUT2D eigenvalue weighted by Gasteiger charge is -1.96. The van der Waals surface area contributed by atoms with Crippen LogP contribution in [-0.2, 0) is 0 Å². The van der Waals surface area contributed by atoms with Crippen LogP contribution >= 0.6 is 0 Å². The molecule has 0 amide bonds. The molecule has 3 heterocycles. The maximum Gasteiger partial charge on any atom is 0.340 e. The lowest BCUT2D eigenvalue weighted by molar-refractivity contribution is 0.0700. The number of aromatic carboxylic acids is 1. The SMILES string of the molecule is O=C(O)c1c(-c2ccccn2)nn2ccccc12. The van der Waals surface area contributed by atoms with Crippen molar-refractivity contribution in [3.05, 3.63) is 54.4 Å². The Bertz CT molecular complexity index is 719. The van der Waals surface area contributed by atoms with Crippen molar-refractivity contribution in [2.45, 2.75) is 0 Å². The van der Waals surface area contributed by atoms with E-state index in [-0.39, 0.29) is 5.56 Å². The molecule has 3 aromatic heterocycles. The number of hydrogen-bond donors (Lipinski definition) is 1. The number of fused-ring (bicyclic) bond motifs is 1. The van der Waals surface area contributed by atoms with Crippen LogP contribution in [0.4, 0.5) is 0 Å². The summed E-state index contributed by atoms with van der Waals surface area (Å²) in [5, 5.41) is 13.6. The molecule has 0 fully saturated rings. The number of carboxylic acids is 1. The summed E-state index contributed by atoms with van der Waals surface area (Å²) in [4.78, 5) is 15.5. The van der Waals surface area contributed by atoms with E-state index in [4.69, 9.17) is 0 Å². The largest absolute Gasteiger partial charge is 0.478 e. The van der Waals surface area contributed by atoms with Crippen LogP contribution in [0.15, 0.2) is 48.8 Å². The van der Waals surface area contributed by atoms with E-state index in [1.807, 2.05) is 0 Å². The van der Waals surface area contributed by atoms with Crippen molar-refractivity contribution in [2.75, 3.05) is 0 Å². The monoisotopic (exact) mass is 239 g/mol. The average Bonchev–Trinajstić information content (AvgIpc) is 2.79. The highest BCUT2D eigenvalue weighted by atomic mass is 16.4.